The van der Waals surface area contributed by atoms with Gasteiger partial charge in [-0.1, -0.05) is 19.6 Å². The van der Waals surface area contributed by atoms with E-state index in [0.29, 0.717) is 0 Å². The molecule has 0 fully saturated rings. The van der Waals surface area contributed by atoms with Crippen LogP contribution in [0.25, 0.3) is 0 Å². The first kappa shape index (κ1) is 14.6. The maximum atomic E-state index is 3.91. The van der Waals surface area contributed by atoms with E-state index >= 15 is 0 Å². The molecule has 0 amide bonds. The van der Waals surface area contributed by atoms with E-state index in [9.17, 15) is 0 Å². The van der Waals surface area contributed by atoms with E-state index in [1.165, 1.54) is 0 Å². The van der Waals surface area contributed by atoms with Crippen LogP contribution in [0.3, 0.4) is 0 Å². The van der Waals surface area contributed by atoms with E-state index in [1.54, 1.807) is 0 Å². The van der Waals surface area contributed by atoms with Crippen molar-refractivity contribution in [2.24, 2.45) is 7.05 Å². The fourth-order valence-corrected chi connectivity index (χ4v) is 0.376. The number of hydrogen-bond donors (Lipinski definition) is 0. The van der Waals surface area contributed by atoms with Gasteiger partial charge in [-0.15, -0.1) is 20.5 Å². The van der Waals surface area contributed by atoms with Crippen molar-refractivity contribution < 1.29 is 19.5 Å². The molecule has 0 aliphatic heterocycles. The van der Waals surface area contributed by atoms with Crippen molar-refractivity contribution in [1.29, 1.82) is 0 Å². The summed E-state index contributed by atoms with van der Waals surface area (Å²) in [6.07, 6.45) is 4.86. The molecule has 12 heavy (non-hydrogen) atoms. The average molecular weight is 233 g/mol. The SMILES string of the molecule is Cn1[c-]ccc1.[CH2-][Si](C)(C)C.[Zn+2]. The molecule has 0 saturated heterocycles. The normalized spacial score (nSPS) is 9.42. The molecule has 1 aromatic heterocycles. The van der Waals surface area contributed by atoms with E-state index in [2.05, 4.69) is 32.4 Å². The molecule has 3 heteroatoms. The van der Waals surface area contributed by atoms with Crippen LogP contribution in [-0.2, 0) is 26.5 Å². The number of nitrogens with zero attached hydrogens (tertiary/aromatic N) is 1. The first-order valence-corrected chi connectivity index (χ1v) is 7.45. The second-order valence-corrected chi connectivity index (χ2v) is 8.93. The maximum absolute atomic E-state index is 3.91. The van der Waals surface area contributed by atoms with E-state index in [0.717, 1.165) is 0 Å². The molecule has 0 aromatic carbocycles. The van der Waals surface area contributed by atoms with Gasteiger partial charge in [0.2, 0.25) is 0 Å². The van der Waals surface area contributed by atoms with Crippen molar-refractivity contribution in [3.8, 4) is 0 Å². The fraction of sp³-hybridized carbons (Fsp3) is 0.444. The third-order valence-corrected chi connectivity index (χ3v) is 0.684. The molecular formula is C9H17NSiZn. The molecule has 0 bridgehead atoms. The van der Waals surface area contributed by atoms with Gasteiger partial charge in [-0.05, 0) is 7.05 Å². The Morgan fingerprint density at radius 2 is 1.75 bits per heavy atom. The molecule has 0 N–H and O–H groups in total. The van der Waals surface area contributed by atoms with Crippen LogP contribution in [-0.4, -0.2) is 12.6 Å². The van der Waals surface area contributed by atoms with Gasteiger partial charge in [0.15, 0.2) is 0 Å². The summed E-state index contributed by atoms with van der Waals surface area (Å²) in [4.78, 5) is 0. The van der Waals surface area contributed by atoms with Gasteiger partial charge >= 0.3 is 19.5 Å². The Bertz CT molecular complexity index is 171. The van der Waals surface area contributed by atoms with Crippen LogP contribution in [0.1, 0.15) is 0 Å². The summed E-state index contributed by atoms with van der Waals surface area (Å²) in [6.45, 7) is 10.6. The van der Waals surface area contributed by atoms with Gasteiger partial charge in [0, 0.05) is 0 Å². The van der Waals surface area contributed by atoms with Crippen molar-refractivity contribution in [2.45, 2.75) is 19.6 Å². The topological polar surface area (TPSA) is 4.93 Å². The first-order chi connectivity index (χ1) is 4.89. The predicted molar refractivity (Wildman–Crippen MR) is 53.0 cm³/mol. The van der Waals surface area contributed by atoms with Crippen LogP contribution < -0.4 is 0 Å². The summed E-state index contributed by atoms with van der Waals surface area (Å²) < 4.78 is 1.88. The van der Waals surface area contributed by atoms with Crippen molar-refractivity contribution in [2.75, 3.05) is 0 Å². The molecular weight excluding hydrogens is 216 g/mol. The molecule has 0 saturated carbocycles. The largest absolute Gasteiger partial charge is 2.00 e. The van der Waals surface area contributed by atoms with Crippen molar-refractivity contribution in [3.05, 3.63) is 31.1 Å². The summed E-state index contributed by atoms with van der Waals surface area (Å²) in [7, 11) is 1.08. The third-order valence-electron chi connectivity index (χ3n) is 0.684. The van der Waals surface area contributed by atoms with E-state index in [4.69, 9.17) is 0 Å². The van der Waals surface area contributed by atoms with Crippen LogP contribution >= 0.6 is 0 Å². The number of rotatable bonds is 0. The van der Waals surface area contributed by atoms with Gasteiger partial charge in [0.25, 0.3) is 0 Å². The van der Waals surface area contributed by atoms with Crippen LogP contribution in [0.2, 0.25) is 19.6 Å². The average Bonchev–Trinajstić information content (AvgIpc) is 2.12. The number of hydrogen-bond acceptors (Lipinski definition) is 0. The first-order valence-electron chi connectivity index (χ1n) is 3.74. The summed E-state index contributed by atoms with van der Waals surface area (Å²) in [5, 5.41) is 0. The predicted octanol–water partition coefficient (Wildman–Crippen LogP) is 2.52. The van der Waals surface area contributed by atoms with Crippen molar-refractivity contribution >= 4 is 8.07 Å². The summed E-state index contributed by atoms with van der Waals surface area (Å²) >= 11 is 0. The molecule has 0 aliphatic rings. The van der Waals surface area contributed by atoms with Crippen LogP contribution in [0, 0.1) is 12.7 Å². The minimum absolute atomic E-state index is 0. The summed E-state index contributed by atoms with van der Waals surface area (Å²) in [5.41, 5.74) is 0. The molecule has 1 heterocycles. The van der Waals surface area contributed by atoms with Crippen LogP contribution in [0.15, 0.2) is 18.3 Å². The molecule has 1 rings (SSSR count). The molecule has 0 aliphatic carbocycles. The van der Waals surface area contributed by atoms with Crippen LogP contribution in [0.5, 0.6) is 0 Å². The van der Waals surface area contributed by atoms with Crippen molar-refractivity contribution in [3.63, 3.8) is 0 Å². The second-order valence-electron chi connectivity index (χ2n) is 3.81. The molecule has 0 radical (unpaired) electrons. The summed E-state index contributed by atoms with van der Waals surface area (Å²) in [6, 6.07) is 3.82. The zero-order valence-corrected chi connectivity index (χ0v) is 12.6. The Hall–Kier alpha value is 0.120. The molecule has 1 nitrogen and oxygen atoms in total. The van der Waals surface area contributed by atoms with Gasteiger partial charge in [0.1, 0.15) is 0 Å². The number of aromatic nitrogens is 1. The molecule has 0 atom stereocenters. The van der Waals surface area contributed by atoms with Gasteiger partial charge in [-0.3, -0.25) is 0 Å². The number of aryl methyl sites for hydroxylation is 1. The van der Waals surface area contributed by atoms with E-state index < -0.39 is 8.07 Å². The Morgan fingerprint density at radius 1 is 1.33 bits per heavy atom. The quantitative estimate of drug-likeness (QED) is 0.479. The van der Waals surface area contributed by atoms with E-state index in [1.807, 2.05) is 29.9 Å². The monoisotopic (exact) mass is 231 g/mol. The Labute approximate surface area is 89.9 Å². The van der Waals surface area contributed by atoms with Crippen molar-refractivity contribution in [1.82, 2.24) is 4.57 Å². The van der Waals surface area contributed by atoms with E-state index in [-0.39, 0.29) is 19.5 Å². The fourth-order valence-electron chi connectivity index (χ4n) is 0.376. The second kappa shape index (κ2) is 6.62. The summed E-state index contributed by atoms with van der Waals surface area (Å²) in [5.74, 6) is 0. The Balaban J connectivity index is 0. The Morgan fingerprint density at radius 3 is 1.83 bits per heavy atom. The smallest absolute Gasteiger partial charge is 0.473 e. The maximum Gasteiger partial charge on any atom is 2.00 e. The zero-order chi connectivity index (χ0) is 8.91. The van der Waals surface area contributed by atoms with Gasteiger partial charge in [-0.25, -0.2) is 0 Å². The van der Waals surface area contributed by atoms with Gasteiger partial charge in [0.05, 0.1) is 0 Å². The minimum Gasteiger partial charge on any atom is -0.473 e. The minimum atomic E-state index is -0.861. The molecule has 0 spiro atoms. The molecule has 0 unspecified atom stereocenters. The molecule has 64 valence electrons. The molecule has 1 aromatic rings. The Kier molecular flexibility index (Phi) is 8.07. The van der Waals surface area contributed by atoms with Gasteiger partial charge < -0.3 is 11.1 Å². The van der Waals surface area contributed by atoms with Gasteiger partial charge in [-0.2, -0.15) is 12.1 Å². The zero-order valence-electron chi connectivity index (χ0n) is 8.59. The van der Waals surface area contributed by atoms with Crippen LogP contribution in [0.4, 0.5) is 0 Å². The standard InChI is InChI=1S/C5H6N.C4H11Si.Zn/c1-6-4-2-3-5-6;1-5(2,3)4;/h2-4H,1H3;1H2,2-4H3;/q2*-1;+2. The third kappa shape index (κ3) is 16.6.